The molecule has 2 heteroatoms. The summed E-state index contributed by atoms with van der Waals surface area (Å²) >= 11 is 2.14. The highest BCUT2D eigenvalue weighted by molar-refractivity contribution is 7.99. The molecule has 1 aromatic rings. The quantitative estimate of drug-likeness (QED) is 0.852. The van der Waals surface area contributed by atoms with Gasteiger partial charge in [-0.3, -0.25) is 0 Å². The normalized spacial score (nSPS) is 24.5. The van der Waals surface area contributed by atoms with E-state index in [0.717, 1.165) is 11.8 Å². The van der Waals surface area contributed by atoms with Crippen molar-refractivity contribution in [3.8, 4) is 0 Å². The lowest BCUT2D eigenvalue weighted by molar-refractivity contribution is 0.338. The van der Waals surface area contributed by atoms with E-state index in [2.05, 4.69) is 48.4 Å². The Morgan fingerprint density at radius 2 is 1.95 bits per heavy atom. The minimum atomic E-state index is 0.703. The van der Waals surface area contributed by atoms with E-state index >= 15 is 0 Å². The fraction of sp³-hybridized carbons (Fsp3) is 0.684. The molecule has 0 radical (unpaired) electrons. The summed E-state index contributed by atoms with van der Waals surface area (Å²) < 4.78 is 0. The first-order valence-corrected chi connectivity index (χ1v) is 9.85. The topological polar surface area (TPSA) is 12.0 Å². The maximum Gasteiger partial charge on any atom is 0.00725 e. The van der Waals surface area contributed by atoms with Crippen LogP contribution in [0.15, 0.2) is 24.3 Å². The Kier molecular flexibility index (Phi) is 5.65. The average molecular weight is 304 g/mol. The molecule has 0 bridgehead atoms. The van der Waals surface area contributed by atoms with Crippen LogP contribution in [0.1, 0.15) is 55.6 Å². The molecular weight excluding hydrogens is 274 g/mol. The molecule has 116 valence electrons. The highest BCUT2D eigenvalue weighted by atomic mass is 32.2. The fourth-order valence-corrected chi connectivity index (χ4v) is 5.36. The lowest BCUT2D eigenvalue weighted by Crippen LogP contribution is -2.31. The average Bonchev–Trinajstić information content (AvgIpc) is 2.55. The molecule has 21 heavy (non-hydrogen) atoms. The van der Waals surface area contributed by atoms with Crippen LogP contribution in [0.25, 0.3) is 0 Å². The standard InChI is InChI=1S/C19H29NS/c1-20-18(13-15-9-11-21-12-10-15)14-17-7-4-6-16-5-2-3-8-19(16)17/h2-3,5,8,15,17-18,20H,4,6-7,9-14H2,1H3. The van der Waals surface area contributed by atoms with Gasteiger partial charge >= 0.3 is 0 Å². The van der Waals surface area contributed by atoms with Crippen LogP contribution in [-0.4, -0.2) is 24.6 Å². The summed E-state index contributed by atoms with van der Waals surface area (Å²) in [5, 5.41) is 3.62. The van der Waals surface area contributed by atoms with E-state index in [9.17, 15) is 0 Å². The van der Waals surface area contributed by atoms with Gasteiger partial charge in [0, 0.05) is 6.04 Å². The molecule has 3 rings (SSSR count). The zero-order valence-electron chi connectivity index (χ0n) is 13.3. The Bertz CT molecular complexity index is 439. The van der Waals surface area contributed by atoms with Crippen molar-refractivity contribution in [3.05, 3.63) is 35.4 Å². The minimum absolute atomic E-state index is 0.703. The third-order valence-corrected chi connectivity index (χ3v) is 6.48. The molecule has 2 atom stereocenters. The predicted molar refractivity (Wildman–Crippen MR) is 94.3 cm³/mol. The summed E-state index contributed by atoms with van der Waals surface area (Å²) in [5.41, 5.74) is 3.25. The van der Waals surface area contributed by atoms with Gasteiger partial charge in [-0.05, 0) is 86.5 Å². The fourth-order valence-electron chi connectivity index (χ4n) is 4.16. The van der Waals surface area contributed by atoms with Gasteiger partial charge in [0.2, 0.25) is 0 Å². The first-order chi connectivity index (χ1) is 10.4. The number of hydrogen-bond acceptors (Lipinski definition) is 2. The summed E-state index contributed by atoms with van der Waals surface area (Å²) in [6.45, 7) is 0. The van der Waals surface area contributed by atoms with E-state index < -0.39 is 0 Å². The van der Waals surface area contributed by atoms with Crippen molar-refractivity contribution in [2.45, 2.75) is 56.9 Å². The Hall–Kier alpha value is -0.470. The number of fused-ring (bicyclic) bond motifs is 1. The number of rotatable bonds is 5. The third-order valence-electron chi connectivity index (χ3n) is 5.43. The molecule has 0 saturated carbocycles. The summed E-state index contributed by atoms with van der Waals surface area (Å²) in [6.07, 6.45) is 9.63. The van der Waals surface area contributed by atoms with E-state index in [4.69, 9.17) is 0 Å². The van der Waals surface area contributed by atoms with Gasteiger partial charge in [0.05, 0.1) is 0 Å². The summed E-state index contributed by atoms with van der Waals surface area (Å²) in [7, 11) is 2.16. The van der Waals surface area contributed by atoms with E-state index in [1.807, 2.05) is 0 Å². The van der Waals surface area contributed by atoms with E-state index in [1.54, 1.807) is 11.1 Å². The van der Waals surface area contributed by atoms with Crippen molar-refractivity contribution in [1.29, 1.82) is 0 Å². The lowest BCUT2D eigenvalue weighted by atomic mass is 9.78. The molecule has 1 N–H and O–H groups in total. The van der Waals surface area contributed by atoms with Crippen molar-refractivity contribution in [2.75, 3.05) is 18.6 Å². The second-order valence-corrected chi connectivity index (χ2v) is 8.03. The van der Waals surface area contributed by atoms with Gasteiger partial charge in [-0.2, -0.15) is 11.8 Å². The zero-order chi connectivity index (χ0) is 14.5. The van der Waals surface area contributed by atoms with Gasteiger partial charge < -0.3 is 5.32 Å². The molecule has 1 nitrogen and oxygen atoms in total. The number of aryl methyl sites for hydroxylation is 1. The van der Waals surface area contributed by atoms with Crippen LogP contribution in [0.5, 0.6) is 0 Å². The monoisotopic (exact) mass is 303 g/mol. The highest BCUT2D eigenvalue weighted by Crippen LogP contribution is 2.36. The Balaban J connectivity index is 1.61. The maximum atomic E-state index is 3.62. The number of nitrogens with one attached hydrogen (secondary N) is 1. The summed E-state index contributed by atoms with van der Waals surface area (Å²) in [6, 6.07) is 9.85. The zero-order valence-corrected chi connectivity index (χ0v) is 14.1. The van der Waals surface area contributed by atoms with Crippen molar-refractivity contribution in [2.24, 2.45) is 5.92 Å². The summed E-state index contributed by atoms with van der Waals surface area (Å²) in [5.74, 6) is 4.51. The first-order valence-electron chi connectivity index (χ1n) is 8.69. The van der Waals surface area contributed by atoms with Gasteiger partial charge in [0.1, 0.15) is 0 Å². The highest BCUT2D eigenvalue weighted by Gasteiger charge is 2.25. The van der Waals surface area contributed by atoms with Crippen LogP contribution in [0.2, 0.25) is 0 Å². The third kappa shape index (κ3) is 4.04. The van der Waals surface area contributed by atoms with Gasteiger partial charge in [-0.25, -0.2) is 0 Å². The molecule has 1 aliphatic carbocycles. The molecule has 2 aliphatic rings. The molecule has 1 heterocycles. The van der Waals surface area contributed by atoms with Crippen LogP contribution >= 0.6 is 11.8 Å². The van der Waals surface area contributed by atoms with Crippen LogP contribution in [-0.2, 0) is 6.42 Å². The molecule has 1 fully saturated rings. The molecule has 0 spiro atoms. The predicted octanol–water partition coefficient (Wildman–Crippen LogP) is 4.62. The molecule has 0 amide bonds. The van der Waals surface area contributed by atoms with Crippen molar-refractivity contribution < 1.29 is 0 Å². The van der Waals surface area contributed by atoms with E-state index in [1.165, 1.54) is 56.5 Å². The molecule has 1 saturated heterocycles. The maximum absolute atomic E-state index is 3.62. The lowest BCUT2D eigenvalue weighted by Gasteiger charge is -2.31. The van der Waals surface area contributed by atoms with Crippen molar-refractivity contribution in [3.63, 3.8) is 0 Å². The molecular formula is C19H29NS. The second-order valence-electron chi connectivity index (χ2n) is 6.80. The number of hydrogen-bond donors (Lipinski definition) is 1. The number of thioether (sulfide) groups is 1. The molecule has 0 aromatic heterocycles. The van der Waals surface area contributed by atoms with Crippen LogP contribution in [0.3, 0.4) is 0 Å². The minimum Gasteiger partial charge on any atom is -0.317 e. The van der Waals surface area contributed by atoms with Crippen LogP contribution in [0.4, 0.5) is 0 Å². The van der Waals surface area contributed by atoms with E-state index in [0.29, 0.717) is 6.04 Å². The van der Waals surface area contributed by atoms with Crippen LogP contribution < -0.4 is 5.32 Å². The second kappa shape index (κ2) is 7.69. The van der Waals surface area contributed by atoms with Gasteiger partial charge in [0.15, 0.2) is 0 Å². The SMILES string of the molecule is CNC(CC1CCSCC1)CC1CCCc2ccccc21. The molecule has 1 aromatic carbocycles. The summed E-state index contributed by atoms with van der Waals surface area (Å²) in [4.78, 5) is 0. The molecule has 1 aliphatic heterocycles. The smallest absolute Gasteiger partial charge is 0.00725 e. The number of benzene rings is 1. The molecule has 2 unspecified atom stereocenters. The van der Waals surface area contributed by atoms with Gasteiger partial charge in [-0.15, -0.1) is 0 Å². The largest absolute Gasteiger partial charge is 0.317 e. The Labute approximate surface area is 134 Å². The van der Waals surface area contributed by atoms with Gasteiger partial charge in [0.25, 0.3) is 0 Å². The van der Waals surface area contributed by atoms with Crippen LogP contribution in [0, 0.1) is 5.92 Å². The van der Waals surface area contributed by atoms with Crippen molar-refractivity contribution >= 4 is 11.8 Å². The Morgan fingerprint density at radius 3 is 2.76 bits per heavy atom. The Morgan fingerprint density at radius 1 is 1.14 bits per heavy atom. The van der Waals surface area contributed by atoms with E-state index in [-0.39, 0.29) is 0 Å². The van der Waals surface area contributed by atoms with Gasteiger partial charge in [-0.1, -0.05) is 24.3 Å². The first kappa shape index (κ1) is 15.4. The van der Waals surface area contributed by atoms with Crippen molar-refractivity contribution in [1.82, 2.24) is 5.32 Å².